The molecular formula is C29H56N3O+. The fourth-order valence-electron chi connectivity index (χ4n) is 5.04. The number of hydrogen-bond acceptors (Lipinski definition) is 2. The first-order valence-electron chi connectivity index (χ1n) is 14.4. The van der Waals surface area contributed by atoms with Crippen molar-refractivity contribution in [3.05, 3.63) is 12.2 Å². The van der Waals surface area contributed by atoms with Crippen LogP contribution in [0.5, 0.6) is 0 Å². The topological polar surface area (TPSA) is 41.5 Å². The summed E-state index contributed by atoms with van der Waals surface area (Å²) in [6.45, 7) is 11.0. The molecule has 0 radical (unpaired) electrons. The maximum absolute atomic E-state index is 11.2. The lowest BCUT2D eigenvalue weighted by Crippen LogP contribution is -2.54. The van der Waals surface area contributed by atoms with Gasteiger partial charge in [0.15, 0.2) is 5.84 Å². The fourth-order valence-corrected chi connectivity index (χ4v) is 5.04. The summed E-state index contributed by atoms with van der Waals surface area (Å²) in [5, 5.41) is 2.97. The first-order chi connectivity index (χ1) is 16.1. The van der Waals surface area contributed by atoms with Crippen molar-refractivity contribution >= 4 is 11.7 Å². The average molecular weight is 463 g/mol. The Morgan fingerprint density at radius 3 is 1.94 bits per heavy atom. The van der Waals surface area contributed by atoms with E-state index in [0.29, 0.717) is 0 Å². The molecule has 192 valence electrons. The van der Waals surface area contributed by atoms with Crippen LogP contribution >= 0.6 is 0 Å². The van der Waals surface area contributed by atoms with E-state index in [9.17, 15) is 4.79 Å². The smallest absolute Gasteiger partial charge is 0.217 e. The molecule has 0 spiro atoms. The van der Waals surface area contributed by atoms with E-state index in [1.54, 1.807) is 6.92 Å². The number of unbranched alkanes of at least 4 members (excludes halogenated alkanes) is 14. The highest BCUT2D eigenvalue weighted by atomic mass is 16.1. The molecule has 1 heterocycles. The molecule has 4 heteroatoms. The number of carbonyl (C=O) groups is 1. The lowest BCUT2D eigenvalue weighted by molar-refractivity contribution is -0.833. The Morgan fingerprint density at radius 1 is 0.848 bits per heavy atom. The minimum atomic E-state index is 0.0703. The van der Waals surface area contributed by atoms with Crippen LogP contribution in [-0.2, 0) is 4.79 Å². The Labute approximate surface area is 206 Å². The highest BCUT2D eigenvalue weighted by Crippen LogP contribution is 2.20. The number of likely N-dealkylation sites (N-methyl/N-ethyl adjacent to an activating group) is 1. The SMILES string of the molecule is CCCCCCCCCC/C=C/CCCCCCCCC1=NCC[N+]1(CC)CCNC(C)=O. The van der Waals surface area contributed by atoms with Gasteiger partial charge in [-0.3, -0.25) is 9.28 Å². The summed E-state index contributed by atoms with van der Waals surface area (Å²) in [5.41, 5.74) is 0. The average Bonchev–Trinajstić information content (AvgIpc) is 3.21. The van der Waals surface area contributed by atoms with Crippen LogP contribution < -0.4 is 5.32 Å². The van der Waals surface area contributed by atoms with E-state index in [2.05, 4.69) is 31.3 Å². The van der Waals surface area contributed by atoms with Crippen LogP contribution in [0.3, 0.4) is 0 Å². The molecule has 33 heavy (non-hydrogen) atoms. The molecule has 1 unspecified atom stereocenters. The zero-order chi connectivity index (χ0) is 24.0. The van der Waals surface area contributed by atoms with E-state index in [-0.39, 0.29) is 5.91 Å². The minimum absolute atomic E-state index is 0.0703. The maximum atomic E-state index is 11.2. The van der Waals surface area contributed by atoms with Crippen LogP contribution in [0.1, 0.15) is 130 Å². The number of hydrogen-bond donors (Lipinski definition) is 1. The third-order valence-electron chi connectivity index (χ3n) is 7.30. The van der Waals surface area contributed by atoms with Gasteiger partial charge in [-0.15, -0.1) is 0 Å². The highest BCUT2D eigenvalue weighted by Gasteiger charge is 2.35. The third-order valence-corrected chi connectivity index (χ3v) is 7.30. The lowest BCUT2D eigenvalue weighted by Gasteiger charge is -2.33. The molecule has 1 atom stereocenters. The first kappa shape index (κ1) is 29.9. The molecule has 1 amide bonds. The largest absolute Gasteiger partial charge is 0.351 e. The Morgan fingerprint density at radius 2 is 1.39 bits per heavy atom. The normalized spacial score (nSPS) is 18.2. The van der Waals surface area contributed by atoms with Crippen molar-refractivity contribution < 1.29 is 9.28 Å². The molecule has 0 saturated carbocycles. The molecule has 4 nitrogen and oxygen atoms in total. The first-order valence-corrected chi connectivity index (χ1v) is 14.4. The number of nitrogens with zero attached hydrogens (tertiary/aromatic N) is 2. The van der Waals surface area contributed by atoms with E-state index < -0.39 is 0 Å². The van der Waals surface area contributed by atoms with Crippen molar-refractivity contribution in [1.29, 1.82) is 0 Å². The monoisotopic (exact) mass is 462 g/mol. The van der Waals surface area contributed by atoms with E-state index in [1.165, 1.54) is 109 Å². The van der Waals surface area contributed by atoms with Gasteiger partial charge in [0.2, 0.25) is 5.91 Å². The Balaban J connectivity index is 1.95. The maximum Gasteiger partial charge on any atom is 0.217 e. The van der Waals surface area contributed by atoms with E-state index in [0.717, 1.165) is 43.6 Å². The number of amidine groups is 1. The minimum Gasteiger partial charge on any atom is -0.351 e. The van der Waals surface area contributed by atoms with Gasteiger partial charge in [0.05, 0.1) is 19.6 Å². The van der Waals surface area contributed by atoms with Crippen LogP contribution in [0.15, 0.2) is 17.1 Å². The summed E-state index contributed by atoms with van der Waals surface area (Å²) in [6, 6.07) is 0. The van der Waals surface area contributed by atoms with Gasteiger partial charge in [0, 0.05) is 13.3 Å². The van der Waals surface area contributed by atoms with Crippen molar-refractivity contribution in [2.45, 2.75) is 130 Å². The molecule has 0 aromatic carbocycles. The van der Waals surface area contributed by atoms with Crippen LogP contribution in [0.4, 0.5) is 0 Å². The van der Waals surface area contributed by atoms with E-state index >= 15 is 0 Å². The molecule has 0 aromatic heterocycles. The van der Waals surface area contributed by atoms with Gasteiger partial charge >= 0.3 is 0 Å². The quantitative estimate of drug-likeness (QED) is 0.101. The second-order valence-electron chi connectivity index (χ2n) is 10.1. The summed E-state index contributed by atoms with van der Waals surface area (Å²) in [5.74, 6) is 1.45. The summed E-state index contributed by atoms with van der Waals surface area (Å²) >= 11 is 0. The number of aliphatic imine (C=N–C) groups is 1. The number of quaternary nitrogens is 1. The third kappa shape index (κ3) is 14.7. The Kier molecular flexibility index (Phi) is 18.3. The molecule has 1 rings (SSSR count). The van der Waals surface area contributed by atoms with Crippen molar-refractivity contribution in [3.8, 4) is 0 Å². The van der Waals surface area contributed by atoms with Crippen LogP contribution in [0.25, 0.3) is 0 Å². The van der Waals surface area contributed by atoms with Crippen molar-refractivity contribution in [1.82, 2.24) is 5.32 Å². The molecule has 0 fully saturated rings. The fraction of sp³-hybridized carbons (Fsp3) is 0.862. The van der Waals surface area contributed by atoms with Crippen LogP contribution in [0, 0.1) is 0 Å². The Bertz CT molecular complexity index is 543. The lowest BCUT2D eigenvalue weighted by atomic mass is 10.1. The second kappa shape index (κ2) is 20.2. The summed E-state index contributed by atoms with van der Waals surface area (Å²) in [4.78, 5) is 16.0. The number of amides is 1. The molecule has 0 aliphatic carbocycles. The van der Waals surface area contributed by atoms with E-state index in [4.69, 9.17) is 4.99 Å². The molecule has 0 bridgehead atoms. The molecule has 1 aliphatic rings. The predicted molar refractivity (Wildman–Crippen MR) is 145 cm³/mol. The van der Waals surface area contributed by atoms with Crippen molar-refractivity contribution in [2.75, 3.05) is 32.7 Å². The van der Waals surface area contributed by atoms with Crippen molar-refractivity contribution in [3.63, 3.8) is 0 Å². The molecule has 0 saturated heterocycles. The molecule has 1 aliphatic heterocycles. The van der Waals surface area contributed by atoms with Gasteiger partial charge in [-0.25, -0.2) is 4.99 Å². The van der Waals surface area contributed by atoms with Gasteiger partial charge in [-0.1, -0.05) is 89.7 Å². The molecule has 1 N–H and O–H groups in total. The Hall–Kier alpha value is -1.16. The standard InChI is InChI=1S/C29H55N3O/c1-4-6-7-8-9-10-11-12-13-14-15-16-17-18-19-20-21-22-23-29-31-25-27-32(29,5-2)26-24-30-28(3)33/h14-15H,4-13,16-27H2,1-3H3/p+1/b15-14+. The summed E-state index contributed by atoms with van der Waals surface area (Å²) in [6.07, 6.45) is 27.8. The van der Waals surface area contributed by atoms with Crippen molar-refractivity contribution in [2.24, 2.45) is 4.99 Å². The van der Waals surface area contributed by atoms with Gasteiger partial charge in [-0.2, -0.15) is 0 Å². The van der Waals surface area contributed by atoms with Gasteiger partial charge in [0.25, 0.3) is 0 Å². The number of allylic oxidation sites excluding steroid dienone is 2. The van der Waals surface area contributed by atoms with Gasteiger partial charge in [-0.05, 0) is 39.0 Å². The number of nitrogens with one attached hydrogen (secondary N) is 1. The van der Waals surface area contributed by atoms with Gasteiger partial charge < -0.3 is 5.32 Å². The summed E-state index contributed by atoms with van der Waals surface area (Å²) in [7, 11) is 0. The van der Waals surface area contributed by atoms with Crippen LogP contribution in [-0.4, -0.2) is 48.9 Å². The predicted octanol–water partition coefficient (Wildman–Crippen LogP) is 7.58. The van der Waals surface area contributed by atoms with E-state index in [1.807, 2.05) is 0 Å². The van der Waals surface area contributed by atoms with Crippen LogP contribution in [0.2, 0.25) is 0 Å². The number of rotatable bonds is 22. The second-order valence-corrected chi connectivity index (χ2v) is 10.1. The summed E-state index contributed by atoms with van der Waals surface area (Å²) < 4.78 is 0.992. The zero-order valence-electron chi connectivity index (χ0n) is 22.5. The number of carbonyl (C=O) groups excluding carboxylic acids is 1. The van der Waals surface area contributed by atoms with Gasteiger partial charge in [0.1, 0.15) is 13.1 Å². The molecular weight excluding hydrogens is 406 g/mol. The highest BCUT2D eigenvalue weighted by molar-refractivity contribution is 5.77. The zero-order valence-corrected chi connectivity index (χ0v) is 22.5. The molecule has 0 aromatic rings.